The first-order valence-corrected chi connectivity index (χ1v) is 12.0. The lowest BCUT2D eigenvalue weighted by molar-refractivity contribution is -0.118. The average Bonchev–Trinajstić information content (AvgIpc) is 3.08. The van der Waals surface area contributed by atoms with Crippen molar-refractivity contribution in [1.82, 2.24) is 9.62 Å². The number of carbonyl (C=O) groups excluding carboxylic acids is 1. The number of nitrogens with one attached hydrogen (secondary N) is 1. The minimum absolute atomic E-state index is 0.0417. The largest absolute Gasteiger partial charge is 0.308 e. The van der Waals surface area contributed by atoms with Gasteiger partial charge in [0.1, 0.15) is 0 Å². The van der Waals surface area contributed by atoms with Crippen LogP contribution in [-0.4, -0.2) is 44.3 Å². The van der Waals surface area contributed by atoms with Gasteiger partial charge in [-0.05, 0) is 49.6 Å². The number of benzene rings is 2. The first kappa shape index (κ1) is 22.5. The highest BCUT2D eigenvalue weighted by atomic mass is 32.2. The molecule has 0 radical (unpaired) electrons. The van der Waals surface area contributed by atoms with Crippen molar-refractivity contribution in [3.8, 4) is 0 Å². The van der Waals surface area contributed by atoms with Gasteiger partial charge in [-0.1, -0.05) is 44.2 Å². The molecular formula is C23H31N3O3S. The maximum Gasteiger partial charge on any atom is 0.243 e. The van der Waals surface area contributed by atoms with Crippen molar-refractivity contribution < 1.29 is 13.2 Å². The van der Waals surface area contributed by atoms with Crippen LogP contribution in [0.1, 0.15) is 44.9 Å². The van der Waals surface area contributed by atoms with E-state index < -0.39 is 10.0 Å². The molecule has 1 N–H and O–H groups in total. The molecule has 6 nitrogen and oxygen atoms in total. The summed E-state index contributed by atoms with van der Waals surface area (Å²) in [5.74, 6) is 0.0417. The van der Waals surface area contributed by atoms with E-state index >= 15 is 0 Å². The van der Waals surface area contributed by atoms with Gasteiger partial charge in [0.2, 0.25) is 15.9 Å². The summed E-state index contributed by atoms with van der Waals surface area (Å²) in [7, 11) is -3.46. The van der Waals surface area contributed by atoms with Gasteiger partial charge in [-0.2, -0.15) is 4.31 Å². The maximum atomic E-state index is 12.9. The number of fused-ring (bicyclic) bond motifs is 1. The Balaban J connectivity index is 1.64. The standard InChI is InChI=1S/C23H31N3O3S/c1-5-25(6-2)30(28,29)21-13-11-19(12-14-21)18(4)24-16-23(27)26-17(3)15-20-9-7-8-10-22(20)26/h7-14,17-18,24H,5-6,15-16H2,1-4H3/t17-,18-/m1/s1. The lowest BCUT2D eigenvalue weighted by Crippen LogP contribution is -2.42. The minimum atomic E-state index is -3.46. The third kappa shape index (κ3) is 4.43. The van der Waals surface area contributed by atoms with Crippen LogP contribution in [0.5, 0.6) is 0 Å². The third-order valence-electron chi connectivity index (χ3n) is 5.76. The van der Waals surface area contributed by atoms with Crippen LogP contribution >= 0.6 is 0 Å². The van der Waals surface area contributed by atoms with Crippen LogP contribution in [0.25, 0.3) is 0 Å². The SMILES string of the molecule is CCN(CC)S(=O)(=O)c1ccc([C@@H](C)NCC(=O)N2c3ccccc3C[C@H]2C)cc1. The summed E-state index contributed by atoms with van der Waals surface area (Å²) in [5.41, 5.74) is 3.14. The number of amides is 1. The molecule has 0 aromatic heterocycles. The van der Waals surface area contributed by atoms with Gasteiger partial charge in [0.25, 0.3) is 0 Å². The molecule has 1 aliphatic heterocycles. The molecule has 2 atom stereocenters. The van der Waals surface area contributed by atoms with Crippen molar-refractivity contribution in [1.29, 1.82) is 0 Å². The van der Waals surface area contributed by atoms with Gasteiger partial charge in [-0.15, -0.1) is 0 Å². The summed E-state index contributed by atoms with van der Waals surface area (Å²) in [4.78, 5) is 15.0. The molecule has 30 heavy (non-hydrogen) atoms. The zero-order valence-corrected chi connectivity index (χ0v) is 18.9. The van der Waals surface area contributed by atoms with Crippen molar-refractivity contribution in [3.05, 3.63) is 59.7 Å². The van der Waals surface area contributed by atoms with Crippen molar-refractivity contribution in [2.75, 3.05) is 24.5 Å². The molecule has 2 aromatic rings. The van der Waals surface area contributed by atoms with Gasteiger partial charge >= 0.3 is 0 Å². The molecule has 1 aliphatic rings. The van der Waals surface area contributed by atoms with Gasteiger partial charge in [-0.3, -0.25) is 4.79 Å². The fourth-order valence-corrected chi connectivity index (χ4v) is 5.49. The van der Waals surface area contributed by atoms with Crippen LogP contribution in [0.3, 0.4) is 0 Å². The van der Waals surface area contributed by atoms with E-state index in [1.165, 1.54) is 9.87 Å². The van der Waals surface area contributed by atoms with Crippen molar-refractivity contribution in [2.24, 2.45) is 0 Å². The predicted octanol–water partition coefficient (Wildman–Crippen LogP) is 3.35. The predicted molar refractivity (Wildman–Crippen MR) is 120 cm³/mol. The molecule has 162 valence electrons. The van der Waals surface area contributed by atoms with E-state index in [0.29, 0.717) is 18.0 Å². The number of carbonyl (C=O) groups is 1. The Hall–Kier alpha value is -2.22. The number of sulfonamides is 1. The fraction of sp³-hybridized carbons (Fsp3) is 0.435. The number of anilines is 1. The van der Waals surface area contributed by atoms with Gasteiger partial charge in [0.15, 0.2) is 0 Å². The summed E-state index contributed by atoms with van der Waals surface area (Å²) in [6.45, 7) is 8.81. The van der Waals surface area contributed by atoms with Crippen molar-refractivity contribution in [2.45, 2.75) is 51.1 Å². The molecule has 0 saturated carbocycles. The molecule has 0 fully saturated rings. The first-order chi connectivity index (χ1) is 14.3. The number of nitrogens with zero attached hydrogens (tertiary/aromatic N) is 2. The second-order valence-electron chi connectivity index (χ2n) is 7.71. The van der Waals surface area contributed by atoms with Gasteiger partial charge in [-0.25, -0.2) is 8.42 Å². The monoisotopic (exact) mass is 429 g/mol. The van der Waals surface area contributed by atoms with E-state index in [9.17, 15) is 13.2 Å². The van der Waals surface area contributed by atoms with Crippen LogP contribution < -0.4 is 10.2 Å². The Labute approximate surface area is 179 Å². The fourth-order valence-electron chi connectivity index (χ4n) is 4.03. The van der Waals surface area contributed by atoms with Gasteiger partial charge in [0, 0.05) is 30.9 Å². The quantitative estimate of drug-likeness (QED) is 0.699. The summed E-state index contributed by atoms with van der Waals surface area (Å²) in [6.07, 6.45) is 0.875. The normalized spacial score (nSPS) is 17.2. The molecule has 0 unspecified atom stereocenters. The van der Waals surface area contributed by atoms with Gasteiger partial charge < -0.3 is 10.2 Å². The van der Waals surface area contributed by atoms with E-state index in [1.807, 2.05) is 56.0 Å². The van der Waals surface area contributed by atoms with Crippen LogP contribution in [0.15, 0.2) is 53.4 Å². The lowest BCUT2D eigenvalue weighted by Gasteiger charge is -2.24. The highest BCUT2D eigenvalue weighted by Crippen LogP contribution is 2.31. The molecular weight excluding hydrogens is 398 g/mol. The molecule has 3 rings (SSSR count). The van der Waals surface area contributed by atoms with Crippen LogP contribution in [0.2, 0.25) is 0 Å². The Bertz CT molecular complexity index is 985. The van der Waals surface area contributed by atoms with E-state index in [2.05, 4.69) is 18.3 Å². The molecule has 2 aromatic carbocycles. The van der Waals surface area contributed by atoms with Crippen molar-refractivity contribution in [3.63, 3.8) is 0 Å². The summed E-state index contributed by atoms with van der Waals surface area (Å²) >= 11 is 0. The van der Waals surface area contributed by atoms with E-state index in [1.54, 1.807) is 12.1 Å². The van der Waals surface area contributed by atoms with E-state index in [0.717, 1.165) is 17.7 Å². The highest BCUT2D eigenvalue weighted by Gasteiger charge is 2.30. The Morgan fingerprint density at radius 1 is 1.13 bits per heavy atom. The number of hydrogen-bond donors (Lipinski definition) is 1. The first-order valence-electron chi connectivity index (χ1n) is 10.5. The summed E-state index contributed by atoms with van der Waals surface area (Å²) in [5, 5.41) is 3.28. The number of para-hydroxylation sites is 1. The topological polar surface area (TPSA) is 69.7 Å². The van der Waals surface area contributed by atoms with E-state index in [-0.39, 0.29) is 24.5 Å². The summed E-state index contributed by atoms with van der Waals surface area (Å²) in [6, 6.07) is 15.0. The average molecular weight is 430 g/mol. The minimum Gasteiger partial charge on any atom is -0.308 e. The lowest BCUT2D eigenvalue weighted by atomic mass is 10.1. The molecule has 1 amide bonds. The Kier molecular flexibility index (Phi) is 6.95. The molecule has 0 aliphatic carbocycles. The second-order valence-corrected chi connectivity index (χ2v) is 9.64. The number of rotatable bonds is 8. The molecule has 0 spiro atoms. The molecule has 7 heteroatoms. The maximum absolute atomic E-state index is 12.9. The van der Waals surface area contributed by atoms with Crippen molar-refractivity contribution >= 4 is 21.6 Å². The molecule has 1 heterocycles. The third-order valence-corrected chi connectivity index (χ3v) is 7.82. The Morgan fingerprint density at radius 3 is 2.40 bits per heavy atom. The number of hydrogen-bond acceptors (Lipinski definition) is 4. The van der Waals surface area contributed by atoms with Crippen LogP contribution in [0, 0.1) is 0 Å². The smallest absolute Gasteiger partial charge is 0.243 e. The second kappa shape index (κ2) is 9.29. The van der Waals surface area contributed by atoms with E-state index in [4.69, 9.17) is 0 Å². The Morgan fingerprint density at radius 2 is 1.77 bits per heavy atom. The molecule has 0 bridgehead atoms. The zero-order valence-electron chi connectivity index (χ0n) is 18.1. The zero-order chi connectivity index (χ0) is 21.9. The highest BCUT2D eigenvalue weighted by molar-refractivity contribution is 7.89. The van der Waals surface area contributed by atoms with Crippen LogP contribution in [0.4, 0.5) is 5.69 Å². The summed E-state index contributed by atoms with van der Waals surface area (Å²) < 4.78 is 26.7. The van der Waals surface area contributed by atoms with Gasteiger partial charge in [0.05, 0.1) is 11.4 Å². The van der Waals surface area contributed by atoms with Crippen LogP contribution in [-0.2, 0) is 21.2 Å². The molecule has 0 saturated heterocycles.